The Hall–Kier alpha value is -2.50. The first-order chi connectivity index (χ1) is 14.1. The molecule has 0 spiro atoms. The molecule has 29 heavy (non-hydrogen) atoms. The lowest BCUT2D eigenvalue weighted by Gasteiger charge is -2.32. The fourth-order valence-electron chi connectivity index (χ4n) is 4.26. The number of likely N-dealkylation sites (tertiary alicyclic amines) is 1. The van der Waals surface area contributed by atoms with Gasteiger partial charge in [0, 0.05) is 24.8 Å². The smallest absolute Gasteiger partial charge is 0.354 e. The number of hydrogen-bond donors (Lipinski definition) is 2. The predicted octanol–water partition coefficient (Wildman–Crippen LogP) is 3.83. The molecule has 0 bridgehead atoms. The highest BCUT2D eigenvalue weighted by molar-refractivity contribution is 5.85. The summed E-state index contributed by atoms with van der Waals surface area (Å²) < 4.78 is 0. The van der Waals surface area contributed by atoms with Crippen molar-refractivity contribution in [1.82, 2.24) is 15.2 Å². The van der Waals surface area contributed by atoms with E-state index in [9.17, 15) is 4.79 Å². The molecular weight excluding hydrogens is 362 g/mol. The number of aromatic carboxylic acids is 1. The van der Waals surface area contributed by atoms with Crippen molar-refractivity contribution >= 4 is 12.0 Å². The molecule has 0 amide bonds. The molecule has 2 aromatic rings. The molecule has 2 fully saturated rings. The summed E-state index contributed by atoms with van der Waals surface area (Å²) in [6.45, 7) is 5.22. The van der Waals surface area contributed by atoms with Crippen LogP contribution in [0.2, 0.25) is 0 Å². The van der Waals surface area contributed by atoms with E-state index in [1.54, 1.807) is 12.3 Å². The van der Waals surface area contributed by atoms with Crippen molar-refractivity contribution in [3.63, 3.8) is 0 Å². The number of pyridine rings is 1. The molecule has 1 aromatic heterocycles. The number of hydrogen-bond acceptors (Lipinski definition) is 4. The number of carboxylic acids is 1. The van der Waals surface area contributed by atoms with Crippen molar-refractivity contribution in [3.8, 4) is 0 Å². The predicted molar refractivity (Wildman–Crippen MR) is 115 cm³/mol. The molecule has 2 N–H and O–H groups in total. The summed E-state index contributed by atoms with van der Waals surface area (Å²) in [7, 11) is 0. The molecular formula is C24H29N3O2. The van der Waals surface area contributed by atoms with Crippen LogP contribution in [0, 0.1) is 5.92 Å². The molecule has 2 aliphatic rings. The normalized spacial score (nSPS) is 23.1. The van der Waals surface area contributed by atoms with Crippen molar-refractivity contribution in [2.75, 3.05) is 13.1 Å². The van der Waals surface area contributed by atoms with Gasteiger partial charge in [-0.15, -0.1) is 0 Å². The van der Waals surface area contributed by atoms with Crippen LogP contribution in [0.5, 0.6) is 0 Å². The SMILES string of the molecule is CC(=Cc1ccccc1)[C@@H]1C[C@H]1NC1CCN(Cc2ccc(C(=O)O)nc2)CC1. The Morgan fingerprint density at radius 2 is 1.97 bits per heavy atom. The first-order valence-electron chi connectivity index (χ1n) is 10.5. The van der Waals surface area contributed by atoms with E-state index in [0.29, 0.717) is 18.0 Å². The van der Waals surface area contributed by atoms with Crippen LogP contribution in [0.1, 0.15) is 47.8 Å². The molecule has 0 radical (unpaired) electrons. The largest absolute Gasteiger partial charge is 0.477 e. The van der Waals surface area contributed by atoms with E-state index in [1.165, 1.54) is 17.6 Å². The van der Waals surface area contributed by atoms with Gasteiger partial charge in [-0.2, -0.15) is 0 Å². The molecule has 1 aliphatic carbocycles. The maximum atomic E-state index is 10.9. The molecule has 1 aromatic carbocycles. The van der Waals surface area contributed by atoms with E-state index in [1.807, 2.05) is 6.07 Å². The summed E-state index contributed by atoms with van der Waals surface area (Å²) in [4.78, 5) is 17.4. The first kappa shape index (κ1) is 19.8. The Kier molecular flexibility index (Phi) is 6.07. The topological polar surface area (TPSA) is 65.5 Å². The lowest BCUT2D eigenvalue weighted by molar-refractivity contribution is 0.0690. The lowest BCUT2D eigenvalue weighted by Crippen LogP contribution is -2.43. The second-order valence-corrected chi connectivity index (χ2v) is 8.32. The highest BCUT2D eigenvalue weighted by Crippen LogP contribution is 2.38. The molecule has 1 aliphatic heterocycles. The average molecular weight is 392 g/mol. The van der Waals surface area contributed by atoms with E-state index in [2.05, 4.69) is 58.5 Å². The lowest BCUT2D eigenvalue weighted by atomic mass is 10.0. The number of piperidine rings is 1. The highest BCUT2D eigenvalue weighted by Gasteiger charge is 2.39. The monoisotopic (exact) mass is 391 g/mol. The summed E-state index contributed by atoms with van der Waals surface area (Å²) in [6.07, 6.45) is 7.57. The van der Waals surface area contributed by atoms with E-state index in [-0.39, 0.29) is 5.69 Å². The van der Waals surface area contributed by atoms with Crippen LogP contribution in [0.4, 0.5) is 0 Å². The van der Waals surface area contributed by atoms with Crippen LogP contribution in [0.25, 0.3) is 6.08 Å². The van der Waals surface area contributed by atoms with Gasteiger partial charge < -0.3 is 10.4 Å². The van der Waals surface area contributed by atoms with Crippen molar-refractivity contribution < 1.29 is 9.90 Å². The zero-order chi connectivity index (χ0) is 20.2. The zero-order valence-electron chi connectivity index (χ0n) is 16.9. The second kappa shape index (κ2) is 8.89. The minimum Gasteiger partial charge on any atom is -0.477 e. The highest BCUT2D eigenvalue weighted by atomic mass is 16.4. The molecule has 2 heterocycles. The zero-order valence-corrected chi connectivity index (χ0v) is 16.9. The molecule has 5 nitrogen and oxygen atoms in total. The number of rotatable bonds is 7. The van der Waals surface area contributed by atoms with Gasteiger partial charge in [-0.05, 0) is 62.4 Å². The molecule has 152 valence electrons. The van der Waals surface area contributed by atoms with Gasteiger partial charge in [0.1, 0.15) is 5.69 Å². The summed E-state index contributed by atoms with van der Waals surface area (Å²) in [5.41, 5.74) is 3.94. The molecule has 1 saturated heterocycles. The van der Waals surface area contributed by atoms with Crippen LogP contribution in [0.15, 0.2) is 54.2 Å². The van der Waals surface area contributed by atoms with Gasteiger partial charge in [-0.25, -0.2) is 9.78 Å². The number of benzene rings is 1. The average Bonchev–Trinajstić information content (AvgIpc) is 3.50. The first-order valence-corrected chi connectivity index (χ1v) is 10.5. The van der Waals surface area contributed by atoms with Crippen LogP contribution in [-0.4, -0.2) is 46.1 Å². The third-order valence-electron chi connectivity index (χ3n) is 6.06. The van der Waals surface area contributed by atoms with Crippen molar-refractivity contribution in [2.45, 2.75) is 44.8 Å². The van der Waals surface area contributed by atoms with Gasteiger partial charge in [0.2, 0.25) is 0 Å². The fraction of sp³-hybridized carbons (Fsp3) is 0.417. The van der Waals surface area contributed by atoms with E-state index < -0.39 is 5.97 Å². The standard InChI is InChI=1S/C24H29N3O2/c1-17(13-18-5-3-2-4-6-18)21-14-23(21)26-20-9-11-27(12-10-20)16-19-7-8-22(24(28)29)25-15-19/h2-8,13,15,20-21,23,26H,9-12,14,16H2,1H3,(H,28,29)/t21-,23+/m0/s1. The number of aromatic nitrogens is 1. The Morgan fingerprint density at radius 3 is 2.62 bits per heavy atom. The van der Waals surface area contributed by atoms with Crippen LogP contribution in [-0.2, 0) is 6.54 Å². The number of carbonyl (C=O) groups is 1. The van der Waals surface area contributed by atoms with E-state index in [0.717, 1.165) is 38.0 Å². The quantitative estimate of drug-likeness (QED) is 0.751. The van der Waals surface area contributed by atoms with Crippen molar-refractivity contribution in [2.24, 2.45) is 5.92 Å². The van der Waals surface area contributed by atoms with E-state index >= 15 is 0 Å². The molecule has 5 heteroatoms. The van der Waals surface area contributed by atoms with Crippen LogP contribution >= 0.6 is 0 Å². The van der Waals surface area contributed by atoms with Gasteiger partial charge in [-0.3, -0.25) is 4.90 Å². The third kappa shape index (κ3) is 5.31. The molecule has 2 atom stereocenters. The van der Waals surface area contributed by atoms with Crippen molar-refractivity contribution in [3.05, 3.63) is 71.1 Å². The van der Waals surface area contributed by atoms with Crippen molar-refractivity contribution in [1.29, 1.82) is 0 Å². The van der Waals surface area contributed by atoms with Crippen LogP contribution in [0.3, 0.4) is 0 Å². The van der Waals surface area contributed by atoms with Gasteiger partial charge >= 0.3 is 5.97 Å². The van der Waals surface area contributed by atoms with Crippen LogP contribution < -0.4 is 5.32 Å². The Labute approximate surface area is 172 Å². The van der Waals surface area contributed by atoms with E-state index in [4.69, 9.17) is 5.11 Å². The minimum absolute atomic E-state index is 0.104. The number of nitrogens with zero attached hydrogens (tertiary/aromatic N) is 2. The molecule has 4 rings (SSSR count). The minimum atomic E-state index is -0.976. The molecule has 0 unspecified atom stereocenters. The molecule has 1 saturated carbocycles. The van der Waals surface area contributed by atoms with Gasteiger partial charge in [-0.1, -0.05) is 48.0 Å². The maximum Gasteiger partial charge on any atom is 0.354 e. The van der Waals surface area contributed by atoms with Gasteiger partial charge in [0.25, 0.3) is 0 Å². The summed E-state index contributed by atoms with van der Waals surface area (Å²) in [5.74, 6) is -0.303. The number of carboxylic acid groups (broad SMARTS) is 1. The Bertz CT molecular complexity index is 855. The van der Waals surface area contributed by atoms with Gasteiger partial charge in [0.05, 0.1) is 0 Å². The third-order valence-corrected chi connectivity index (χ3v) is 6.06. The maximum absolute atomic E-state index is 10.9. The summed E-state index contributed by atoms with van der Waals surface area (Å²) in [5, 5.41) is 12.8. The Morgan fingerprint density at radius 1 is 1.21 bits per heavy atom. The Balaban J connectivity index is 1.21. The summed E-state index contributed by atoms with van der Waals surface area (Å²) >= 11 is 0. The fourth-order valence-corrected chi connectivity index (χ4v) is 4.26. The second-order valence-electron chi connectivity index (χ2n) is 8.32. The van der Waals surface area contributed by atoms with Gasteiger partial charge in [0.15, 0.2) is 0 Å². The number of nitrogens with one attached hydrogen (secondary N) is 1. The summed E-state index contributed by atoms with van der Waals surface area (Å²) in [6, 6.07) is 15.2.